The maximum absolute atomic E-state index is 12.9. The van der Waals surface area contributed by atoms with Crippen LogP contribution in [0.3, 0.4) is 0 Å². The highest BCUT2D eigenvalue weighted by atomic mass is 32.2. The minimum atomic E-state index is -3.81. The lowest BCUT2D eigenvalue weighted by atomic mass is 10.2. The maximum Gasteiger partial charge on any atom is 0.338 e. The number of esters is 1. The summed E-state index contributed by atoms with van der Waals surface area (Å²) in [5.74, 6) is -0.809. The van der Waals surface area contributed by atoms with Crippen molar-refractivity contribution >= 4 is 33.3 Å². The largest absolute Gasteiger partial charge is 0.495 e. The average molecular weight is 469 g/mol. The van der Waals surface area contributed by atoms with Crippen LogP contribution in [-0.2, 0) is 19.6 Å². The predicted molar refractivity (Wildman–Crippen MR) is 125 cm³/mol. The standard InChI is InChI=1S/C24H24N2O6S/c1-17(23(27)25-21-11-7-8-12-22(21)31-3)32-24(28)18-13-15-20(16-14-18)33(29,30)26(2)19-9-5-4-6-10-19/h4-17H,1-3H3,(H,25,27)/t17-/m1/s1. The summed E-state index contributed by atoms with van der Waals surface area (Å²) in [5.41, 5.74) is 1.08. The van der Waals surface area contributed by atoms with Crippen LogP contribution in [0, 0.1) is 0 Å². The van der Waals surface area contributed by atoms with E-state index in [2.05, 4.69) is 5.32 Å². The van der Waals surface area contributed by atoms with Gasteiger partial charge >= 0.3 is 5.97 Å². The number of benzene rings is 3. The van der Waals surface area contributed by atoms with Gasteiger partial charge in [-0.3, -0.25) is 9.10 Å². The van der Waals surface area contributed by atoms with E-state index in [1.165, 1.54) is 45.3 Å². The van der Waals surface area contributed by atoms with Gasteiger partial charge in [-0.25, -0.2) is 13.2 Å². The van der Waals surface area contributed by atoms with E-state index in [-0.39, 0.29) is 10.5 Å². The minimum absolute atomic E-state index is 0.0207. The molecule has 0 radical (unpaired) electrons. The quantitative estimate of drug-likeness (QED) is 0.506. The molecule has 1 atom stereocenters. The number of rotatable bonds is 8. The summed E-state index contributed by atoms with van der Waals surface area (Å²) in [4.78, 5) is 24.9. The van der Waals surface area contributed by atoms with Crippen LogP contribution in [0.1, 0.15) is 17.3 Å². The Labute approximate surface area is 192 Å². The van der Waals surface area contributed by atoms with E-state index < -0.39 is 28.0 Å². The summed E-state index contributed by atoms with van der Waals surface area (Å²) in [6.07, 6.45) is -1.09. The number of carbonyl (C=O) groups excluding carboxylic acids is 2. The molecule has 0 fully saturated rings. The Morgan fingerprint density at radius 3 is 2.15 bits per heavy atom. The highest BCUT2D eigenvalue weighted by Crippen LogP contribution is 2.24. The molecular formula is C24H24N2O6S. The fraction of sp³-hybridized carbons (Fsp3) is 0.167. The zero-order chi connectivity index (χ0) is 24.0. The van der Waals surface area contributed by atoms with Crippen molar-refractivity contribution in [2.75, 3.05) is 23.8 Å². The predicted octanol–water partition coefficient (Wildman–Crippen LogP) is 3.70. The molecule has 0 saturated heterocycles. The molecule has 3 rings (SSSR count). The van der Waals surface area contributed by atoms with Gasteiger partial charge in [0.1, 0.15) is 5.75 Å². The Bertz CT molecular complexity index is 1230. The highest BCUT2D eigenvalue weighted by molar-refractivity contribution is 7.92. The van der Waals surface area contributed by atoms with Crippen LogP contribution in [-0.4, -0.2) is 40.6 Å². The zero-order valence-electron chi connectivity index (χ0n) is 18.4. The molecule has 0 spiro atoms. The molecule has 0 saturated carbocycles. The van der Waals surface area contributed by atoms with Crippen molar-refractivity contribution in [3.8, 4) is 5.75 Å². The third-order valence-corrected chi connectivity index (χ3v) is 6.69. The van der Waals surface area contributed by atoms with E-state index >= 15 is 0 Å². The van der Waals surface area contributed by atoms with E-state index in [1.807, 2.05) is 0 Å². The van der Waals surface area contributed by atoms with Gasteiger partial charge in [0.2, 0.25) is 0 Å². The molecule has 0 heterocycles. The number of ether oxygens (including phenoxy) is 2. The van der Waals surface area contributed by atoms with Crippen molar-refractivity contribution in [3.63, 3.8) is 0 Å². The molecule has 9 heteroatoms. The monoisotopic (exact) mass is 468 g/mol. The lowest BCUT2D eigenvalue weighted by Crippen LogP contribution is -2.30. The highest BCUT2D eigenvalue weighted by Gasteiger charge is 2.23. The number of carbonyl (C=O) groups is 2. The molecule has 3 aromatic carbocycles. The van der Waals surface area contributed by atoms with Gasteiger partial charge in [0.15, 0.2) is 6.10 Å². The van der Waals surface area contributed by atoms with Crippen LogP contribution in [0.25, 0.3) is 0 Å². The number of amides is 1. The molecule has 1 N–H and O–H groups in total. The first kappa shape index (κ1) is 23.8. The summed E-state index contributed by atoms with van der Waals surface area (Å²) in [7, 11) is -0.872. The molecule has 0 aliphatic carbocycles. The summed E-state index contributed by atoms with van der Waals surface area (Å²) < 4.78 is 37.3. The van der Waals surface area contributed by atoms with Gasteiger partial charge in [0, 0.05) is 7.05 Å². The van der Waals surface area contributed by atoms with Crippen molar-refractivity contribution in [2.24, 2.45) is 0 Å². The molecule has 0 aliphatic heterocycles. The molecule has 3 aromatic rings. The summed E-state index contributed by atoms with van der Waals surface area (Å²) in [6.45, 7) is 1.44. The first-order valence-electron chi connectivity index (χ1n) is 10.0. The minimum Gasteiger partial charge on any atom is -0.495 e. The van der Waals surface area contributed by atoms with E-state index in [0.717, 1.165) is 4.31 Å². The van der Waals surface area contributed by atoms with E-state index in [4.69, 9.17) is 9.47 Å². The molecule has 0 aliphatic rings. The molecule has 0 unspecified atom stereocenters. The fourth-order valence-corrected chi connectivity index (χ4v) is 4.16. The number of anilines is 2. The van der Waals surface area contributed by atoms with Gasteiger partial charge in [0.05, 0.1) is 28.9 Å². The van der Waals surface area contributed by atoms with Crippen molar-refractivity contribution in [1.82, 2.24) is 0 Å². The Kier molecular flexibility index (Phi) is 7.34. The zero-order valence-corrected chi connectivity index (χ0v) is 19.2. The second-order valence-electron chi connectivity index (χ2n) is 7.07. The van der Waals surface area contributed by atoms with Crippen molar-refractivity contribution < 1.29 is 27.5 Å². The normalized spacial score (nSPS) is 11.8. The molecule has 0 aromatic heterocycles. The smallest absolute Gasteiger partial charge is 0.338 e. The van der Waals surface area contributed by atoms with Crippen molar-refractivity contribution in [1.29, 1.82) is 0 Å². The van der Waals surface area contributed by atoms with Gasteiger partial charge in [-0.2, -0.15) is 0 Å². The van der Waals surface area contributed by atoms with E-state index in [0.29, 0.717) is 17.1 Å². The molecule has 8 nitrogen and oxygen atoms in total. The number of para-hydroxylation sites is 3. The Balaban J connectivity index is 1.67. The van der Waals surface area contributed by atoms with Crippen LogP contribution in [0.2, 0.25) is 0 Å². The van der Waals surface area contributed by atoms with Crippen LogP contribution in [0.15, 0.2) is 83.8 Å². The number of methoxy groups -OCH3 is 1. The van der Waals surface area contributed by atoms with Crippen LogP contribution in [0.5, 0.6) is 5.75 Å². The second-order valence-corrected chi connectivity index (χ2v) is 9.04. The molecule has 0 bridgehead atoms. The fourth-order valence-electron chi connectivity index (χ4n) is 2.96. The van der Waals surface area contributed by atoms with E-state index in [1.54, 1.807) is 54.6 Å². The molecule has 172 valence electrons. The molecular weight excluding hydrogens is 444 g/mol. The summed E-state index contributed by atoms with van der Waals surface area (Å²) >= 11 is 0. The molecule has 1 amide bonds. The van der Waals surface area contributed by atoms with Gasteiger partial charge < -0.3 is 14.8 Å². The lowest BCUT2D eigenvalue weighted by Gasteiger charge is -2.19. The molecule has 33 heavy (non-hydrogen) atoms. The van der Waals surface area contributed by atoms with Crippen molar-refractivity contribution in [3.05, 3.63) is 84.4 Å². The van der Waals surface area contributed by atoms with Gasteiger partial charge in [-0.15, -0.1) is 0 Å². The van der Waals surface area contributed by atoms with Crippen molar-refractivity contribution in [2.45, 2.75) is 17.9 Å². The number of sulfonamides is 1. The van der Waals surface area contributed by atoms with Crippen LogP contribution < -0.4 is 14.4 Å². The number of nitrogens with zero attached hydrogens (tertiary/aromatic N) is 1. The lowest BCUT2D eigenvalue weighted by molar-refractivity contribution is -0.123. The Hall–Kier alpha value is -3.85. The third kappa shape index (κ3) is 5.50. The summed E-state index contributed by atoms with van der Waals surface area (Å²) in [6, 6.07) is 20.8. The van der Waals surface area contributed by atoms with Crippen LogP contribution in [0.4, 0.5) is 11.4 Å². The first-order chi connectivity index (χ1) is 15.7. The second kappa shape index (κ2) is 10.2. The SMILES string of the molecule is COc1ccccc1NC(=O)[C@@H](C)OC(=O)c1ccc(S(=O)(=O)N(C)c2ccccc2)cc1. The first-order valence-corrected chi connectivity index (χ1v) is 11.5. The maximum atomic E-state index is 12.9. The van der Waals surface area contributed by atoms with Gasteiger partial charge in [-0.1, -0.05) is 30.3 Å². The van der Waals surface area contributed by atoms with Gasteiger partial charge in [-0.05, 0) is 55.5 Å². The average Bonchev–Trinajstić information content (AvgIpc) is 2.84. The number of hydrogen-bond donors (Lipinski definition) is 1. The Morgan fingerprint density at radius 2 is 1.52 bits per heavy atom. The van der Waals surface area contributed by atoms with E-state index in [9.17, 15) is 18.0 Å². The topological polar surface area (TPSA) is 102 Å². The van der Waals surface area contributed by atoms with Gasteiger partial charge in [0.25, 0.3) is 15.9 Å². The summed E-state index contributed by atoms with van der Waals surface area (Å²) in [5, 5.41) is 2.65. The third-order valence-electron chi connectivity index (χ3n) is 4.89. The number of nitrogens with one attached hydrogen (secondary N) is 1. The van der Waals surface area contributed by atoms with Crippen LogP contribution >= 0.6 is 0 Å². The Morgan fingerprint density at radius 1 is 0.909 bits per heavy atom. The number of hydrogen-bond acceptors (Lipinski definition) is 6.